The molecule has 0 aliphatic carbocycles. The van der Waals surface area contributed by atoms with Gasteiger partial charge in [-0.15, -0.1) is 0 Å². The highest BCUT2D eigenvalue weighted by Crippen LogP contribution is 2.31. The summed E-state index contributed by atoms with van der Waals surface area (Å²) in [6.07, 6.45) is 1.24. The number of rotatable bonds is 4. The van der Waals surface area contributed by atoms with Crippen LogP contribution in [0, 0.1) is 0 Å². The first-order valence-electron chi connectivity index (χ1n) is 10.2. The van der Waals surface area contributed by atoms with Crippen molar-refractivity contribution in [3.8, 4) is 0 Å². The summed E-state index contributed by atoms with van der Waals surface area (Å²) in [7, 11) is 1.65. The van der Waals surface area contributed by atoms with Crippen LogP contribution in [0.5, 0.6) is 0 Å². The molecule has 6 heteroatoms. The fourth-order valence-electron chi connectivity index (χ4n) is 3.61. The molecule has 1 atom stereocenters. The van der Waals surface area contributed by atoms with Gasteiger partial charge in [-0.25, -0.2) is 0 Å². The van der Waals surface area contributed by atoms with Crippen molar-refractivity contribution in [2.75, 3.05) is 18.5 Å². The average molecular weight is 421 g/mol. The number of likely N-dealkylation sites (N-methyl/N-ethyl adjacent to an activating group) is 1. The molecule has 3 rings (SSSR count). The molecule has 0 saturated heterocycles. The van der Waals surface area contributed by atoms with E-state index in [1.54, 1.807) is 36.2 Å². The molecular weight excluding hydrogens is 392 g/mol. The zero-order valence-corrected chi connectivity index (χ0v) is 18.4. The number of hydrogen-bond acceptors (Lipinski definition) is 4. The second kappa shape index (κ2) is 8.76. The summed E-state index contributed by atoms with van der Waals surface area (Å²) in [6.45, 7) is 9.65. The van der Waals surface area contributed by atoms with Gasteiger partial charge in [-0.2, -0.15) is 0 Å². The van der Waals surface area contributed by atoms with Crippen LogP contribution in [0.4, 0.5) is 5.69 Å². The highest BCUT2D eigenvalue weighted by molar-refractivity contribution is 6.01. The SMILES string of the molecule is C=CC(=O)N(C)c1ccc(C(=O)N2Cc3ccccc3C(C(=O)OC(C)(C)C)C2)cc1. The molecule has 162 valence electrons. The van der Waals surface area contributed by atoms with Crippen molar-refractivity contribution >= 4 is 23.5 Å². The van der Waals surface area contributed by atoms with Crippen LogP contribution >= 0.6 is 0 Å². The van der Waals surface area contributed by atoms with E-state index in [2.05, 4.69) is 6.58 Å². The molecule has 2 aromatic rings. The average Bonchev–Trinajstić information content (AvgIpc) is 2.75. The molecule has 1 aliphatic heterocycles. The predicted molar refractivity (Wildman–Crippen MR) is 120 cm³/mol. The quantitative estimate of drug-likeness (QED) is 0.556. The summed E-state index contributed by atoms with van der Waals surface area (Å²) in [6, 6.07) is 14.5. The lowest BCUT2D eigenvalue weighted by Gasteiger charge is -2.35. The van der Waals surface area contributed by atoms with Crippen LogP contribution < -0.4 is 4.90 Å². The lowest BCUT2D eigenvalue weighted by Crippen LogP contribution is -2.42. The van der Waals surface area contributed by atoms with Crippen LogP contribution in [0.15, 0.2) is 61.2 Å². The fourth-order valence-corrected chi connectivity index (χ4v) is 3.61. The second-order valence-electron chi connectivity index (χ2n) is 8.62. The third-order valence-corrected chi connectivity index (χ3v) is 5.18. The predicted octanol–water partition coefficient (Wildman–Crippen LogP) is 3.92. The number of carbonyl (C=O) groups excluding carboxylic acids is 3. The zero-order valence-electron chi connectivity index (χ0n) is 18.4. The monoisotopic (exact) mass is 420 g/mol. The number of nitrogens with zero attached hydrogens (tertiary/aromatic N) is 2. The molecule has 0 aromatic heterocycles. The number of carbonyl (C=O) groups is 3. The van der Waals surface area contributed by atoms with E-state index in [1.807, 2.05) is 45.0 Å². The molecular formula is C25H28N2O4. The minimum atomic E-state index is -0.608. The van der Waals surface area contributed by atoms with Crippen LogP contribution in [0.1, 0.15) is 48.2 Å². The molecule has 6 nitrogen and oxygen atoms in total. The summed E-state index contributed by atoms with van der Waals surface area (Å²) < 4.78 is 5.62. The number of esters is 1. The van der Waals surface area contributed by atoms with Gasteiger partial charge < -0.3 is 14.5 Å². The molecule has 0 N–H and O–H groups in total. The maximum absolute atomic E-state index is 13.2. The van der Waals surface area contributed by atoms with Crippen molar-refractivity contribution in [2.45, 2.75) is 38.8 Å². The number of fused-ring (bicyclic) bond motifs is 1. The number of ether oxygens (including phenoxy) is 1. The first-order chi connectivity index (χ1) is 14.6. The van der Waals surface area contributed by atoms with Crippen molar-refractivity contribution in [1.29, 1.82) is 0 Å². The standard InChI is InChI=1S/C25H28N2O4/c1-6-22(28)26(5)19-13-11-17(12-14-19)23(29)27-15-18-9-7-8-10-20(18)21(16-27)24(30)31-25(2,3)4/h6-14,21H,1,15-16H2,2-5H3. The van der Waals surface area contributed by atoms with Crippen molar-refractivity contribution in [1.82, 2.24) is 4.90 Å². The minimum Gasteiger partial charge on any atom is -0.459 e. The van der Waals surface area contributed by atoms with Crippen LogP contribution in [0.3, 0.4) is 0 Å². The Morgan fingerprint density at radius 3 is 2.35 bits per heavy atom. The van der Waals surface area contributed by atoms with Crippen LogP contribution in [-0.2, 0) is 20.9 Å². The molecule has 0 fully saturated rings. The molecule has 1 heterocycles. The van der Waals surface area contributed by atoms with E-state index in [-0.39, 0.29) is 24.3 Å². The van der Waals surface area contributed by atoms with Crippen LogP contribution in [0.2, 0.25) is 0 Å². The lowest BCUT2D eigenvalue weighted by atomic mass is 9.89. The van der Waals surface area contributed by atoms with Crippen molar-refractivity contribution in [3.63, 3.8) is 0 Å². The minimum absolute atomic E-state index is 0.174. The van der Waals surface area contributed by atoms with E-state index in [1.165, 1.54) is 11.0 Å². The van der Waals surface area contributed by atoms with Gasteiger partial charge in [-0.1, -0.05) is 30.8 Å². The number of benzene rings is 2. The van der Waals surface area contributed by atoms with Gasteiger partial charge >= 0.3 is 5.97 Å². The zero-order chi connectivity index (χ0) is 22.8. The number of anilines is 1. The van der Waals surface area contributed by atoms with E-state index in [0.717, 1.165) is 11.1 Å². The molecule has 2 aromatic carbocycles. The summed E-state index contributed by atoms with van der Waals surface area (Å²) >= 11 is 0. The highest BCUT2D eigenvalue weighted by Gasteiger charge is 2.35. The summed E-state index contributed by atoms with van der Waals surface area (Å²) in [5.41, 5.74) is 2.39. The summed E-state index contributed by atoms with van der Waals surface area (Å²) in [4.78, 5) is 41.0. The van der Waals surface area contributed by atoms with Gasteiger partial charge in [0.25, 0.3) is 5.91 Å². The van der Waals surface area contributed by atoms with E-state index in [4.69, 9.17) is 4.74 Å². The first kappa shape index (κ1) is 22.3. The Hall–Kier alpha value is -3.41. The smallest absolute Gasteiger partial charge is 0.315 e. The van der Waals surface area contributed by atoms with Crippen molar-refractivity contribution in [3.05, 3.63) is 77.9 Å². The Bertz CT molecular complexity index is 1000. The van der Waals surface area contributed by atoms with E-state index < -0.39 is 11.5 Å². The molecule has 0 radical (unpaired) electrons. The third kappa shape index (κ3) is 5.02. The van der Waals surface area contributed by atoms with Gasteiger partial charge in [-0.3, -0.25) is 14.4 Å². The molecule has 0 bridgehead atoms. The topological polar surface area (TPSA) is 66.9 Å². The Labute approximate surface area is 183 Å². The first-order valence-corrected chi connectivity index (χ1v) is 10.2. The van der Waals surface area contributed by atoms with E-state index >= 15 is 0 Å². The maximum Gasteiger partial charge on any atom is 0.315 e. The van der Waals surface area contributed by atoms with Crippen molar-refractivity contribution in [2.24, 2.45) is 0 Å². The number of hydrogen-bond donors (Lipinski definition) is 0. The van der Waals surface area contributed by atoms with Gasteiger partial charge in [0.15, 0.2) is 0 Å². The van der Waals surface area contributed by atoms with E-state index in [0.29, 0.717) is 17.8 Å². The Kier molecular flexibility index (Phi) is 6.29. The van der Waals surface area contributed by atoms with Gasteiger partial charge in [0.05, 0.1) is 5.92 Å². The highest BCUT2D eigenvalue weighted by atomic mass is 16.6. The van der Waals surface area contributed by atoms with Crippen LogP contribution in [-0.4, -0.2) is 41.9 Å². The van der Waals surface area contributed by atoms with E-state index in [9.17, 15) is 14.4 Å². The van der Waals surface area contributed by atoms with Gasteiger partial charge in [0.1, 0.15) is 5.60 Å². The third-order valence-electron chi connectivity index (χ3n) is 5.18. The molecule has 2 amide bonds. The number of amides is 2. The second-order valence-corrected chi connectivity index (χ2v) is 8.62. The summed E-state index contributed by atoms with van der Waals surface area (Å²) in [5, 5.41) is 0. The molecule has 0 spiro atoms. The lowest BCUT2D eigenvalue weighted by molar-refractivity contribution is -0.157. The Balaban J connectivity index is 1.84. The van der Waals surface area contributed by atoms with Gasteiger partial charge in [0, 0.05) is 31.4 Å². The Morgan fingerprint density at radius 1 is 1.10 bits per heavy atom. The van der Waals surface area contributed by atoms with Gasteiger partial charge in [0.2, 0.25) is 5.91 Å². The van der Waals surface area contributed by atoms with Crippen LogP contribution in [0.25, 0.3) is 0 Å². The summed E-state index contributed by atoms with van der Waals surface area (Å²) in [5.74, 6) is -1.28. The molecule has 1 aliphatic rings. The Morgan fingerprint density at radius 2 is 1.74 bits per heavy atom. The van der Waals surface area contributed by atoms with Crippen molar-refractivity contribution < 1.29 is 19.1 Å². The largest absolute Gasteiger partial charge is 0.459 e. The normalized spacial score (nSPS) is 15.6. The molecule has 0 saturated carbocycles. The maximum atomic E-state index is 13.2. The fraction of sp³-hybridized carbons (Fsp3) is 0.320. The van der Waals surface area contributed by atoms with Gasteiger partial charge in [-0.05, 0) is 62.2 Å². The molecule has 1 unspecified atom stereocenters. The molecule has 31 heavy (non-hydrogen) atoms.